The smallest absolute Gasteiger partial charge is 0.224 e. The molecule has 7 nitrogen and oxygen atoms in total. The van der Waals surface area contributed by atoms with Gasteiger partial charge in [-0.2, -0.15) is 0 Å². The highest BCUT2D eigenvalue weighted by Crippen LogP contribution is 2.17. The van der Waals surface area contributed by atoms with Gasteiger partial charge in [0, 0.05) is 57.6 Å². The predicted molar refractivity (Wildman–Crippen MR) is 117 cm³/mol. The molecule has 1 fully saturated rings. The number of anilines is 1. The molecule has 0 unspecified atom stereocenters. The Kier molecular flexibility index (Phi) is 8.00. The van der Waals surface area contributed by atoms with Crippen LogP contribution in [0.15, 0.2) is 53.7 Å². The number of aliphatic imine (C=N–C) groups is 1. The number of guanidine groups is 1. The number of pyridine rings is 1. The molecule has 30 heavy (non-hydrogen) atoms. The van der Waals surface area contributed by atoms with E-state index in [0.717, 1.165) is 31.0 Å². The van der Waals surface area contributed by atoms with Crippen molar-refractivity contribution in [2.75, 3.05) is 44.2 Å². The number of carbonyl (C=O) groups is 1. The van der Waals surface area contributed by atoms with Crippen LogP contribution in [-0.2, 0) is 11.3 Å². The summed E-state index contributed by atoms with van der Waals surface area (Å²) < 4.78 is 13.1. The minimum Gasteiger partial charge on any atom is -0.368 e. The van der Waals surface area contributed by atoms with Crippen LogP contribution in [0.5, 0.6) is 0 Å². The molecule has 160 valence electrons. The molecule has 0 bridgehead atoms. The number of aromatic nitrogens is 1. The first-order valence-corrected chi connectivity index (χ1v) is 10.4. The Morgan fingerprint density at radius 1 is 1.10 bits per heavy atom. The van der Waals surface area contributed by atoms with E-state index in [1.54, 1.807) is 18.3 Å². The average Bonchev–Trinajstić information content (AvgIpc) is 2.79. The van der Waals surface area contributed by atoms with Gasteiger partial charge in [0.1, 0.15) is 5.82 Å². The van der Waals surface area contributed by atoms with E-state index in [0.29, 0.717) is 38.6 Å². The van der Waals surface area contributed by atoms with Crippen molar-refractivity contribution >= 4 is 17.6 Å². The molecule has 3 rings (SSSR count). The number of hydrogen-bond donors (Lipinski definition) is 2. The summed E-state index contributed by atoms with van der Waals surface area (Å²) in [7, 11) is 0. The fraction of sp³-hybridized carbons (Fsp3) is 0.409. The molecule has 0 aliphatic carbocycles. The van der Waals surface area contributed by atoms with E-state index in [9.17, 15) is 9.18 Å². The van der Waals surface area contributed by atoms with Gasteiger partial charge in [-0.25, -0.2) is 9.38 Å². The molecule has 8 heteroatoms. The molecular formula is C22H29FN6O. The minimum atomic E-state index is -0.236. The van der Waals surface area contributed by atoms with Crippen LogP contribution in [0.3, 0.4) is 0 Å². The molecule has 0 atom stereocenters. The molecule has 1 saturated heterocycles. The zero-order valence-electron chi connectivity index (χ0n) is 17.4. The number of benzene rings is 1. The Balaban J connectivity index is 1.41. The Hall–Kier alpha value is -3.16. The third-order valence-corrected chi connectivity index (χ3v) is 4.92. The van der Waals surface area contributed by atoms with E-state index in [4.69, 9.17) is 0 Å². The lowest BCUT2D eigenvalue weighted by atomic mass is 10.2. The highest BCUT2D eigenvalue weighted by Gasteiger charge is 2.21. The van der Waals surface area contributed by atoms with Crippen LogP contribution in [0.2, 0.25) is 0 Å². The van der Waals surface area contributed by atoms with E-state index in [-0.39, 0.29) is 11.7 Å². The van der Waals surface area contributed by atoms with Gasteiger partial charge in [-0.05, 0) is 43.3 Å². The molecule has 2 N–H and O–H groups in total. The molecular weight excluding hydrogens is 383 g/mol. The number of amides is 1. The molecule has 0 radical (unpaired) electrons. The Labute approximate surface area is 177 Å². The molecule has 1 aliphatic heterocycles. The van der Waals surface area contributed by atoms with Gasteiger partial charge >= 0.3 is 0 Å². The van der Waals surface area contributed by atoms with E-state index in [1.807, 2.05) is 30.0 Å². The summed E-state index contributed by atoms with van der Waals surface area (Å²) in [6, 6.07) is 12.2. The normalized spacial score (nSPS) is 14.5. The summed E-state index contributed by atoms with van der Waals surface area (Å²) in [6.07, 6.45) is 2.16. The van der Waals surface area contributed by atoms with Crippen molar-refractivity contribution in [2.45, 2.75) is 19.9 Å². The molecule has 1 aliphatic rings. The van der Waals surface area contributed by atoms with Gasteiger partial charge in [-0.3, -0.25) is 9.78 Å². The summed E-state index contributed by atoms with van der Waals surface area (Å²) in [5.74, 6) is 0.569. The summed E-state index contributed by atoms with van der Waals surface area (Å²) in [5, 5.41) is 6.41. The summed E-state index contributed by atoms with van der Waals surface area (Å²) >= 11 is 0. The van der Waals surface area contributed by atoms with Crippen LogP contribution in [0.1, 0.15) is 19.0 Å². The number of nitrogens with zero attached hydrogens (tertiary/aromatic N) is 4. The second-order valence-corrected chi connectivity index (χ2v) is 7.04. The average molecular weight is 413 g/mol. The maximum absolute atomic E-state index is 13.1. The van der Waals surface area contributed by atoms with Crippen LogP contribution in [0.25, 0.3) is 0 Å². The summed E-state index contributed by atoms with van der Waals surface area (Å²) in [5.41, 5.74) is 1.88. The topological polar surface area (TPSA) is 72.9 Å². The van der Waals surface area contributed by atoms with Crippen LogP contribution >= 0.6 is 0 Å². The molecule has 1 aromatic carbocycles. The molecule has 0 spiro atoms. The fourth-order valence-electron chi connectivity index (χ4n) is 3.31. The highest BCUT2D eigenvalue weighted by atomic mass is 19.1. The SMILES string of the molecule is CCNC(=NCc1ccccn1)NCCC(=O)N1CCN(c2ccc(F)cc2)CC1. The van der Waals surface area contributed by atoms with Crippen LogP contribution < -0.4 is 15.5 Å². The van der Waals surface area contributed by atoms with Gasteiger partial charge in [0.2, 0.25) is 5.91 Å². The lowest BCUT2D eigenvalue weighted by molar-refractivity contribution is -0.131. The molecule has 2 aromatic rings. The number of nitrogens with one attached hydrogen (secondary N) is 2. The zero-order valence-corrected chi connectivity index (χ0v) is 17.4. The third kappa shape index (κ3) is 6.43. The van der Waals surface area contributed by atoms with Crippen molar-refractivity contribution < 1.29 is 9.18 Å². The van der Waals surface area contributed by atoms with Crippen LogP contribution in [-0.4, -0.2) is 61.0 Å². The van der Waals surface area contributed by atoms with E-state index >= 15 is 0 Å². The fourth-order valence-corrected chi connectivity index (χ4v) is 3.31. The van der Waals surface area contributed by atoms with Crippen molar-refractivity contribution in [2.24, 2.45) is 4.99 Å². The standard InChI is InChI=1S/C22H29FN6O/c1-2-24-22(27-17-19-5-3-4-11-25-19)26-12-10-21(30)29-15-13-28(14-16-29)20-8-6-18(23)7-9-20/h3-9,11H,2,10,12-17H2,1H3,(H2,24,26,27). The molecule has 1 aromatic heterocycles. The minimum absolute atomic E-state index is 0.127. The molecule has 2 heterocycles. The van der Waals surface area contributed by atoms with Gasteiger partial charge in [0.05, 0.1) is 12.2 Å². The van der Waals surface area contributed by atoms with E-state index in [2.05, 4.69) is 25.5 Å². The first-order chi connectivity index (χ1) is 14.7. The van der Waals surface area contributed by atoms with E-state index < -0.39 is 0 Å². The second-order valence-electron chi connectivity index (χ2n) is 7.04. The second kappa shape index (κ2) is 11.1. The first kappa shape index (κ1) is 21.5. The molecule has 1 amide bonds. The van der Waals surface area contributed by atoms with Gasteiger partial charge in [0.25, 0.3) is 0 Å². The number of carbonyl (C=O) groups excluding carboxylic acids is 1. The number of piperazine rings is 1. The number of hydrogen-bond acceptors (Lipinski definition) is 4. The summed E-state index contributed by atoms with van der Waals surface area (Å²) in [4.78, 5) is 25.4. The quantitative estimate of drug-likeness (QED) is 0.538. The Morgan fingerprint density at radius 2 is 1.87 bits per heavy atom. The highest BCUT2D eigenvalue weighted by molar-refractivity contribution is 5.81. The molecule has 0 saturated carbocycles. The largest absolute Gasteiger partial charge is 0.368 e. The van der Waals surface area contributed by atoms with E-state index in [1.165, 1.54) is 12.1 Å². The first-order valence-electron chi connectivity index (χ1n) is 10.4. The zero-order chi connectivity index (χ0) is 21.2. The maximum atomic E-state index is 13.1. The van der Waals surface area contributed by atoms with Crippen LogP contribution in [0.4, 0.5) is 10.1 Å². The van der Waals surface area contributed by atoms with Gasteiger partial charge < -0.3 is 20.4 Å². The lowest BCUT2D eigenvalue weighted by Crippen LogP contribution is -2.49. The third-order valence-electron chi connectivity index (χ3n) is 4.92. The van der Waals surface area contributed by atoms with Gasteiger partial charge in [0.15, 0.2) is 5.96 Å². The van der Waals surface area contributed by atoms with Gasteiger partial charge in [-0.15, -0.1) is 0 Å². The lowest BCUT2D eigenvalue weighted by Gasteiger charge is -2.36. The number of rotatable bonds is 7. The predicted octanol–water partition coefficient (Wildman–Crippen LogP) is 2.01. The Morgan fingerprint density at radius 3 is 2.53 bits per heavy atom. The Bertz CT molecular complexity index is 819. The van der Waals surface area contributed by atoms with Crippen molar-refractivity contribution in [1.82, 2.24) is 20.5 Å². The van der Waals surface area contributed by atoms with Crippen molar-refractivity contribution in [3.63, 3.8) is 0 Å². The van der Waals surface area contributed by atoms with Crippen molar-refractivity contribution in [3.05, 3.63) is 60.2 Å². The number of halogens is 1. The maximum Gasteiger partial charge on any atom is 0.224 e. The van der Waals surface area contributed by atoms with Gasteiger partial charge in [-0.1, -0.05) is 6.07 Å². The summed E-state index contributed by atoms with van der Waals surface area (Å²) in [6.45, 7) is 6.59. The van der Waals surface area contributed by atoms with Crippen molar-refractivity contribution in [3.8, 4) is 0 Å². The monoisotopic (exact) mass is 412 g/mol. The van der Waals surface area contributed by atoms with Crippen molar-refractivity contribution in [1.29, 1.82) is 0 Å². The van der Waals surface area contributed by atoms with Crippen LogP contribution in [0, 0.1) is 5.82 Å².